The molecule has 1 aliphatic heterocycles. The maximum Gasteiger partial charge on any atom is 0.210 e. The maximum absolute atomic E-state index is 13.5. The Labute approximate surface area is 195 Å². The van der Waals surface area contributed by atoms with Crippen molar-refractivity contribution < 1.29 is 18.0 Å². The highest BCUT2D eigenvalue weighted by atomic mass is 79.9. The number of para-hydroxylation sites is 1. The van der Waals surface area contributed by atoms with E-state index in [-0.39, 0.29) is 17.8 Å². The number of hydrogen-bond acceptors (Lipinski definition) is 2. The SMILES string of the molecule is C=C/C=C(\C(=C)F)C1CCCN1C=O.CC(Nc1c(F)cccc1F)c1ccc(Br)cc1. The van der Waals surface area contributed by atoms with Gasteiger partial charge >= 0.3 is 0 Å². The summed E-state index contributed by atoms with van der Waals surface area (Å²) in [7, 11) is 0. The van der Waals surface area contributed by atoms with Gasteiger partial charge in [-0.25, -0.2) is 13.2 Å². The minimum atomic E-state index is -0.584. The molecule has 0 aromatic heterocycles. The number of carbonyl (C=O) groups is 1. The zero-order valence-corrected chi connectivity index (χ0v) is 19.4. The van der Waals surface area contributed by atoms with E-state index < -0.39 is 17.5 Å². The second-order valence-electron chi connectivity index (χ2n) is 7.28. The van der Waals surface area contributed by atoms with E-state index in [1.54, 1.807) is 11.0 Å². The van der Waals surface area contributed by atoms with Crippen LogP contribution in [-0.4, -0.2) is 23.9 Å². The number of anilines is 1. The molecule has 1 saturated heterocycles. The predicted octanol–water partition coefficient (Wildman–Crippen LogP) is 7.10. The molecular formula is C25H26BrF3N2O. The lowest BCUT2D eigenvalue weighted by molar-refractivity contribution is -0.118. The number of benzene rings is 2. The highest BCUT2D eigenvalue weighted by molar-refractivity contribution is 9.10. The van der Waals surface area contributed by atoms with Crippen molar-refractivity contribution >= 4 is 28.0 Å². The molecule has 1 aliphatic rings. The van der Waals surface area contributed by atoms with E-state index in [9.17, 15) is 18.0 Å². The standard InChI is InChI=1S/C14H12BrF2N.C11H14FNO/c1-9(10-5-7-11(15)8-6-10)18-14-12(16)3-2-4-13(14)17;1-3-5-10(9(2)12)11-6-4-7-13(11)8-14/h2-9,18H,1H3;3,5,8,11H,1-2,4,6-7H2/b;10-5+. The number of halogens is 4. The highest BCUT2D eigenvalue weighted by Crippen LogP contribution is 2.27. The van der Waals surface area contributed by atoms with E-state index >= 15 is 0 Å². The van der Waals surface area contributed by atoms with Gasteiger partial charge in [0, 0.05) is 22.6 Å². The Morgan fingerprint density at radius 3 is 2.38 bits per heavy atom. The lowest BCUT2D eigenvalue weighted by atomic mass is 10.0. The van der Waals surface area contributed by atoms with Crippen LogP contribution in [0.5, 0.6) is 0 Å². The Hall–Kier alpha value is -2.80. The minimum Gasteiger partial charge on any atom is -0.374 e. The van der Waals surface area contributed by atoms with Crippen molar-refractivity contribution in [1.29, 1.82) is 0 Å². The molecule has 170 valence electrons. The van der Waals surface area contributed by atoms with Gasteiger partial charge in [-0.3, -0.25) is 4.79 Å². The van der Waals surface area contributed by atoms with E-state index in [4.69, 9.17) is 0 Å². The molecule has 7 heteroatoms. The van der Waals surface area contributed by atoms with Gasteiger partial charge in [0.05, 0.1) is 6.04 Å². The predicted molar refractivity (Wildman–Crippen MR) is 127 cm³/mol. The summed E-state index contributed by atoms with van der Waals surface area (Å²) in [5.74, 6) is -1.65. The molecule has 0 aliphatic carbocycles. The average Bonchev–Trinajstić information content (AvgIpc) is 3.23. The van der Waals surface area contributed by atoms with Crippen LogP contribution in [-0.2, 0) is 4.79 Å². The number of nitrogens with one attached hydrogen (secondary N) is 1. The maximum atomic E-state index is 13.5. The van der Waals surface area contributed by atoms with Gasteiger partial charge in [0.2, 0.25) is 6.41 Å². The summed E-state index contributed by atoms with van der Waals surface area (Å²) in [6, 6.07) is 11.1. The van der Waals surface area contributed by atoms with Gasteiger partial charge in [-0.2, -0.15) is 0 Å². The summed E-state index contributed by atoms with van der Waals surface area (Å²) in [5.41, 5.74) is 1.33. The molecular weight excluding hydrogens is 481 g/mol. The number of rotatable bonds is 7. The van der Waals surface area contributed by atoms with Crippen molar-refractivity contribution in [3.05, 3.63) is 101 Å². The number of allylic oxidation sites excluding steroid dienone is 2. The first-order valence-electron chi connectivity index (χ1n) is 10.1. The Morgan fingerprint density at radius 2 is 1.84 bits per heavy atom. The van der Waals surface area contributed by atoms with E-state index in [1.165, 1.54) is 24.3 Å². The molecule has 2 aromatic carbocycles. The number of carbonyl (C=O) groups excluding carboxylic acids is 1. The van der Waals surface area contributed by atoms with Gasteiger partial charge in [0.25, 0.3) is 0 Å². The third kappa shape index (κ3) is 6.85. The quantitative estimate of drug-likeness (QED) is 0.320. The number of likely N-dealkylation sites (tertiary alicyclic amines) is 1. The van der Waals surface area contributed by atoms with Gasteiger partial charge in [0.1, 0.15) is 23.1 Å². The first-order chi connectivity index (χ1) is 15.3. The van der Waals surface area contributed by atoms with Crippen LogP contribution in [0.25, 0.3) is 0 Å². The van der Waals surface area contributed by atoms with Crippen molar-refractivity contribution in [3.8, 4) is 0 Å². The number of amides is 1. The zero-order chi connectivity index (χ0) is 23.7. The van der Waals surface area contributed by atoms with E-state index in [2.05, 4.69) is 34.4 Å². The molecule has 2 atom stereocenters. The average molecular weight is 507 g/mol. The van der Waals surface area contributed by atoms with Crippen molar-refractivity contribution in [3.63, 3.8) is 0 Å². The fourth-order valence-corrected chi connectivity index (χ4v) is 3.71. The largest absolute Gasteiger partial charge is 0.374 e. The fraction of sp³-hybridized carbons (Fsp3) is 0.240. The highest BCUT2D eigenvalue weighted by Gasteiger charge is 2.27. The number of nitrogens with zero attached hydrogens (tertiary/aromatic N) is 1. The molecule has 0 bridgehead atoms. The van der Waals surface area contributed by atoms with Gasteiger partial charge < -0.3 is 10.2 Å². The van der Waals surface area contributed by atoms with Gasteiger partial charge in [-0.05, 0) is 49.6 Å². The van der Waals surface area contributed by atoms with Crippen LogP contribution in [0.4, 0.5) is 18.9 Å². The zero-order valence-electron chi connectivity index (χ0n) is 17.8. The van der Waals surface area contributed by atoms with Gasteiger partial charge in [0.15, 0.2) is 0 Å². The molecule has 32 heavy (non-hydrogen) atoms. The summed E-state index contributed by atoms with van der Waals surface area (Å²) in [6.45, 7) is 9.32. The summed E-state index contributed by atoms with van der Waals surface area (Å²) < 4.78 is 41.0. The summed E-state index contributed by atoms with van der Waals surface area (Å²) in [5, 5.41) is 2.85. The molecule has 2 unspecified atom stereocenters. The Kier molecular flexibility index (Phi) is 9.78. The molecule has 3 rings (SSSR count). The van der Waals surface area contributed by atoms with E-state index in [0.29, 0.717) is 12.1 Å². The third-order valence-electron chi connectivity index (χ3n) is 5.09. The second kappa shape index (κ2) is 12.3. The summed E-state index contributed by atoms with van der Waals surface area (Å²) in [6.07, 6.45) is 5.56. The van der Waals surface area contributed by atoms with Crippen LogP contribution in [0.2, 0.25) is 0 Å². The summed E-state index contributed by atoms with van der Waals surface area (Å²) >= 11 is 3.34. The molecule has 2 aromatic rings. The molecule has 1 fully saturated rings. The normalized spacial score (nSPS) is 16.6. The van der Waals surface area contributed by atoms with Crippen LogP contribution in [0.3, 0.4) is 0 Å². The molecule has 1 amide bonds. The number of hydrogen-bond donors (Lipinski definition) is 1. The molecule has 0 radical (unpaired) electrons. The Morgan fingerprint density at radius 1 is 1.22 bits per heavy atom. The first kappa shape index (κ1) is 25.5. The third-order valence-corrected chi connectivity index (χ3v) is 5.62. The molecule has 1 N–H and O–H groups in total. The van der Waals surface area contributed by atoms with E-state index in [1.807, 2.05) is 31.2 Å². The van der Waals surface area contributed by atoms with Gasteiger partial charge in [-0.15, -0.1) is 0 Å². The van der Waals surface area contributed by atoms with Crippen LogP contribution in [0.1, 0.15) is 31.4 Å². The van der Waals surface area contributed by atoms with Crippen LogP contribution in [0, 0.1) is 11.6 Å². The topological polar surface area (TPSA) is 32.3 Å². The molecule has 1 heterocycles. The van der Waals surface area contributed by atoms with Crippen molar-refractivity contribution in [1.82, 2.24) is 4.90 Å². The lowest BCUT2D eigenvalue weighted by Gasteiger charge is -2.21. The van der Waals surface area contributed by atoms with Crippen molar-refractivity contribution in [2.45, 2.75) is 31.8 Å². The van der Waals surface area contributed by atoms with Gasteiger partial charge in [-0.1, -0.05) is 59.4 Å². The molecule has 3 nitrogen and oxygen atoms in total. The fourth-order valence-electron chi connectivity index (χ4n) is 3.45. The Balaban J connectivity index is 0.000000235. The summed E-state index contributed by atoms with van der Waals surface area (Å²) in [4.78, 5) is 12.3. The molecule has 0 spiro atoms. The van der Waals surface area contributed by atoms with Crippen LogP contribution in [0.15, 0.2) is 83.6 Å². The second-order valence-corrected chi connectivity index (χ2v) is 8.19. The first-order valence-corrected chi connectivity index (χ1v) is 10.9. The van der Waals surface area contributed by atoms with Crippen LogP contribution >= 0.6 is 15.9 Å². The van der Waals surface area contributed by atoms with Crippen molar-refractivity contribution in [2.75, 3.05) is 11.9 Å². The minimum absolute atomic E-state index is 0.0899. The van der Waals surface area contributed by atoms with E-state index in [0.717, 1.165) is 29.3 Å². The molecule has 0 saturated carbocycles. The van der Waals surface area contributed by atoms with Crippen molar-refractivity contribution in [2.24, 2.45) is 0 Å². The smallest absolute Gasteiger partial charge is 0.210 e. The lowest BCUT2D eigenvalue weighted by Crippen LogP contribution is -2.29. The monoisotopic (exact) mass is 506 g/mol. The van der Waals surface area contributed by atoms with Crippen LogP contribution < -0.4 is 5.32 Å². The Bertz CT molecular complexity index is 955.